The fourth-order valence-electron chi connectivity index (χ4n) is 3.17. The zero-order valence-corrected chi connectivity index (χ0v) is 16.8. The smallest absolute Gasteiger partial charge is 0.192 e. The van der Waals surface area contributed by atoms with E-state index in [-0.39, 0.29) is 5.04 Å². The van der Waals surface area contributed by atoms with Crippen LogP contribution < -0.4 is 10.6 Å². The van der Waals surface area contributed by atoms with Crippen LogP contribution in [0.3, 0.4) is 0 Å². The SMILES string of the molecule is C[C@@H]1CN(c2ccncc2N)C[C@H](C)C1O[Si](C)(C)C(C)(C)C. The molecule has 1 aliphatic rings. The van der Waals surface area contributed by atoms with E-state index in [0.29, 0.717) is 17.9 Å². The average Bonchev–Trinajstić information content (AvgIpc) is 2.42. The molecule has 1 aromatic heterocycles. The summed E-state index contributed by atoms with van der Waals surface area (Å²) in [4.78, 5) is 6.48. The molecule has 1 aromatic rings. The molecule has 0 radical (unpaired) electrons. The lowest BCUT2D eigenvalue weighted by Crippen LogP contribution is -2.54. The van der Waals surface area contributed by atoms with Gasteiger partial charge in [-0.25, -0.2) is 0 Å². The summed E-state index contributed by atoms with van der Waals surface area (Å²) in [5.41, 5.74) is 7.97. The molecule has 1 aliphatic heterocycles. The molecule has 3 atom stereocenters. The van der Waals surface area contributed by atoms with E-state index in [1.54, 1.807) is 6.20 Å². The maximum atomic E-state index is 6.75. The molecule has 1 saturated heterocycles. The summed E-state index contributed by atoms with van der Waals surface area (Å²) in [7, 11) is -1.74. The van der Waals surface area contributed by atoms with Crippen molar-refractivity contribution in [3.05, 3.63) is 18.5 Å². The summed E-state index contributed by atoms with van der Waals surface area (Å²) in [5.74, 6) is 0.973. The number of nitrogen functional groups attached to an aromatic ring is 1. The Morgan fingerprint density at radius 1 is 1.22 bits per heavy atom. The summed E-state index contributed by atoms with van der Waals surface area (Å²) < 4.78 is 6.75. The Morgan fingerprint density at radius 2 is 1.78 bits per heavy atom. The monoisotopic (exact) mass is 335 g/mol. The van der Waals surface area contributed by atoms with Gasteiger partial charge in [0, 0.05) is 19.3 Å². The van der Waals surface area contributed by atoms with E-state index in [4.69, 9.17) is 10.2 Å². The summed E-state index contributed by atoms with van der Waals surface area (Å²) in [6.07, 6.45) is 3.89. The number of hydrogen-bond donors (Lipinski definition) is 1. The van der Waals surface area contributed by atoms with Crippen LogP contribution in [0.25, 0.3) is 0 Å². The van der Waals surface area contributed by atoms with Gasteiger partial charge in [0.2, 0.25) is 0 Å². The van der Waals surface area contributed by atoms with Gasteiger partial charge < -0.3 is 15.1 Å². The molecular formula is C18H33N3OSi. The fourth-order valence-corrected chi connectivity index (χ4v) is 4.67. The van der Waals surface area contributed by atoms with Gasteiger partial charge in [0.25, 0.3) is 0 Å². The fraction of sp³-hybridized carbons (Fsp3) is 0.722. The molecule has 4 nitrogen and oxygen atoms in total. The van der Waals surface area contributed by atoms with Crippen molar-refractivity contribution in [1.82, 2.24) is 4.98 Å². The first kappa shape index (κ1) is 18.3. The molecular weight excluding hydrogens is 302 g/mol. The number of piperidine rings is 1. The lowest BCUT2D eigenvalue weighted by atomic mass is 9.88. The molecule has 0 spiro atoms. The first-order valence-electron chi connectivity index (χ1n) is 8.65. The third-order valence-corrected chi connectivity index (χ3v) is 10.0. The van der Waals surface area contributed by atoms with Gasteiger partial charge in [0.05, 0.1) is 23.7 Å². The molecule has 2 rings (SSSR count). The molecule has 0 bridgehead atoms. The maximum Gasteiger partial charge on any atom is 0.192 e. The topological polar surface area (TPSA) is 51.4 Å². The van der Waals surface area contributed by atoms with Crippen molar-refractivity contribution < 1.29 is 4.43 Å². The number of pyridine rings is 1. The Balaban J connectivity index is 2.13. The second kappa shape index (κ2) is 6.44. The molecule has 5 heteroatoms. The Bertz CT molecular complexity index is 529. The third kappa shape index (κ3) is 3.89. The zero-order chi connectivity index (χ0) is 17.4. The van der Waals surface area contributed by atoms with Crippen LogP contribution in [0.5, 0.6) is 0 Å². The van der Waals surface area contributed by atoms with Gasteiger partial charge in [-0.2, -0.15) is 0 Å². The van der Waals surface area contributed by atoms with Crippen LogP contribution >= 0.6 is 0 Å². The number of anilines is 2. The van der Waals surface area contributed by atoms with Crippen molar-refractivity contribution in [2.24, 2.45) is 11.8 Å². The van der Waals surface area contributed by atoms with Crippen LogP contribution in [0.15, 0.2) is 18.5 Å². The molecule has 1 fully saturated rings. The highest BCUT2D eigenvalue weighted by Crippen LogP contribution is 2.40. The van der Waals surface area contributed by atoms with Gasteiger partial charge >= 0.3 is 0 Å². The van der Waals surface area contributed by atoms with E-state index in [1.165, 1.54) is 0 Å². The van der Waals surface area contributed by atoms with Crippen molar-refractivity contribution >= 4 is 19.7 Å². The normalized spacial score (nSPS) is 26.4. The van der Waals surface area contributed by atoms with Gasteiger partial charge in [-0.1, -0.05) is 34.6 Å². The van der Waals surface area contributed by atoms with Crippen molar-refractivity contribution in [3.63, 3.8) is 0 Å². The van der Waals surface area contributed by atoms with Crippen molar-refractivity contribution in [3.8, 4) is 0 Å². The lowest BCUT2D eigenvalue weighted by Gasteiger charge is -2.48. The minimum atomic E-state index is -1.74. The van der Waals surface area contributed by atoms with E-state index in [0.717, 1.165) is 24.5 Å². The average molecular weight is 336 g/mol. The summed E-state index contributed by atoms with van der Waals surface area (Å²) in [6, 6.07) is 2.02. The van der Waals surface area contributed by atoms with Crippen LogP contribution in [-0.2, 0) is 4.43 Å². The minimum absolute atomic E-state index is 0.249. The minimum Gasteiger partial charge on any atom is -0.413 e. The van der Waals surface area contributed by atoms with Crippen molar-refractivity contribution in [2.45, 2.75) is 58.9 Å². The summed E-state index contributed by atoms with van der Waals surface area (Å²) in [5, 5.41) is 0.249. The first-order valence-corrected chi connectivity index (χ1v) is 11.6. The second-order valence-electron chi connectivity index (χ2n) is 8.64. The molecule has 0 amide bonds. The molecule has 1 unspecified atom stereocenters. The van der Waals surface area contributed by atoms with Gasteiger partial charge in [-0.15, -0.1) is 0 Å². The van der Waals surface area contributed by atoms with Crippen molar-refractivity contribution in [2.75, 3.05) is 23.7 Å². The van der Waals surface area contributed by atoms with Gasteiger partial charge in [0.1, 0.15) is 0 Å². The Morgan fingerprint density at radius 3 is 2.26 bits per heavy atom. The number of aromatic nitrogens is 1. The molecule has 0 aliphatic carbocycles. The quantitative estimate of drug-likeness (QED) is 0.843. The highest BCUT2D eigenvalue weighted by Gasteiger charge is 2.43. The number of hydrogen-bond acceptors (Lipinski definition) is 4. The van der Waals surface area contributed by atoms with Crippen LogP contribution in [0.2, 0.25) is 18.1 Å². The van der Waals surface area contributed by atoms with E-state index in [1.807, 2.05) is 12.3 Å². The zero-order valence-electron chi connectivity index (χ0n) is 15.8. The molecule has 2 heterocycles. The van der Waals surface area contributed by atoms with E-state index in [9.17, 15) is 0 Å². The van der Waals surface area contributed by atoms with E-state index in [2.05, 4.69) is 57.6 Å². The van der Waals surface area contributed by atoms with Crippen LogP contribution in [0.4, 0.5) is 11.4 Å². The second-order valence-corrected chi connectivity index (χ2v) is 13.4. The van der Waals surface area contributed by atoms with E-state index >= 15 is 0 Å². The molecule has 130 valence electrons. The molecule has 23 heavy (non-hydrogen) atoms. The predicted molar refractivity (Wildman–Crippen MR) is 101 cm³/mol. The van der Waals surface area contributed by atoms with Gasteiger partial charge in [0.15, 0.2) is 8.32 Å². The standard InChI is InChI=1S/C18H33N3OSi/c1-13-11-21(16-8-9-20-10-15(16)19)12-14(2)17(13)22-23(6,7)18(3,4)5/h8-10,13-14,17H,11-12,19H2,1-7H3/t13-,14+,17?. The van der Waals surface area contributed by atoms with Crippen LogP contribution in [0.1, 0.15) is 34.6 Å². The number of nitrogens with two attached hydrogens (primary N) is 1. The highest BCUT2D eigenvalue weighted by molar-refractivity contribution is 6.74. The summed E-state index contributed by atoms with van der Waals surface area (Å²) in [6.45, 7) is 18.2. The number of nitrogens with zero attached hydrogens (tertiary/aromatic N) is 2. The molecule has 2 N–H and O–H groups in total. The first-order chi connectivity index (χ1) is 10.5. The largest absolute Gasteiger partial charge is 0.413 e. The highest BCUT2D eigenvalue weighted by atomic mass is 28.4. The van der Waals surface area contributed by atoms with Crippen molar-refractivity contribution in [1.29, 1.82) is 0 Å². The van der Waals surface area contributed by atoms with Gasteiger partial charge in [-0.05, 0) is 36.0 Å². The maximum absolute atomic E-state index is 6.75. The lowest BCUT2D eigenvalue weighted by molar-refractivity contribution is 0.0628. The predicted octanol–water partition coefficient (Wildman–Crippen LogP) is 4.15. The third-order valence-electron chi connectivity index (χ3n) is 5.54. The van der Waals surface area contributed by atoms with Crippen LogP contribution in [0, 0.1) is 11.8 Å². The van der Waals surface area contributed by atoms with Crippen LogP contribution in [-0.4, -0.2) is 32.5 Å². The van der Waals surface area contributed by atoms with E-state index < -0.39 is 8.32 Å². The van der Waals surface area contributed by atoms with Gasteiger partial charge in [-0.3, -0.25) is 4.98 Å². The Hall–Kier alpha value is -1.07. The summed E-state index contributed by atoms with van der Waals surface area (Å²) >= 11 is 0. The molecule has 0 aromatic carbocycles. The Labute approximate surface area is 142 Å². The molecule has 0 saturated carbocycles. The number of rotatable bonds is 3. The Kier molecular flexibility index (Phi) is 5.11.